The average Bonchev–Trinajstić information content (AvgIpc) is 2.26. The van der Waals surface area contributed by atoms with E-state index in [0.29, 0.717) is 17.7 Å². The van der Waals surface area contributed by atoms with Crippen molar-refractivity contribution in [3.05, 3.63) is 23.5 Å². The Balaban J connectivity index is 2.31. The van der Waals surface area contributed by atoms with Gasteiger partial charge in [-0.3, -0.25) is 4.98 Å². The molecule has 0 saturated carbocycles. The largest absolute Gasteiger partial charge is 0.496 e. The number of aromatic nitrogens is 1. The number of fused-ring (bicyclic) bond motifs is 1. The predicted molar refractivity (Wildman–Crippen MR) is 52.4 cm³/mol. The highest BCUT2D eigenvalue weighted by Crippen LogP contribution is 2.39. The van der Waals surface area contributed by atoms with Gasteiger partial charge in [0.15, 0.2) is 0 Å². The SMILES string of the molecule is COc1ccnc2c1CC(C(F)(F)F)CC2. The second kappa shape index (κ2) is 3.96. The fourth-order valence-electron chi connectivity index (χ4n) is 2.08. The van der Waals surface area contributed by atoms with Gasteiger partial charge in [-0.05, 0) is 25.3 Å². The van der Waals surface area contributed by atoms with Gasteiger partial charge in [-0.25, -0.2) is 0 Å². The highest BCUT2D eigenvalue weighted by Gasteiger charge is 2.42. The zero-order chi connectivity index (χ0) is 11.8. The molecule has 1 aromatic heterocycles. The monoisotopic (exact) mass is 231 g/mol. The lowest BCUT2D eigenvalue weighted by Crippen LogP contribution is -2.29. The van der Waals surface area contributed by atoms with E-state index in [0.717, 1.165) is 5.69 Å². The molecular formula is C11H12F3NO. The van der Waals surface area contributed by atoms with Crippen LogP contribution in [-0.2, 0) is 12.8 Å². The van der Waals surface area contributed by atoms with Crippen molar-refractivity contribution in [2.75, 3.05) is 7.11 Å². The lowest BCUT2D eigenvalue weighted by atomic mass is 9.86. The van der Waals surface area contributed by atoms with E-state index in [4.69, 9.17) is 4.74 Å². The third-order valence-corrected chi connectivity index (χ3v) is 2.97. The van der Waals surface area contributed by atoms with Gasteiger partial charge in [0.05, 0.1) is 13.0 Å². The topological polar surface area (TPSA) is 22.1 Å². The van der Waals surface area contributed by atoms with Crippen LogP contribution in [-0.4, -0.2) is 18.3 Å². The molecular weight excluding hydrogens is 219 g/mol. The van der Waals surface area contributed by atoms with Crippen LogP contribution in [0, 0.1) is 5.92 Å². The molecule has 0 fully saturated rings. The molecule has 88 valence electrons. The van der Waals surface area contributed by atoms with Crippen molar-refractivity contribution < 1.29 is 17.9 Å². The maximum Gasteiger partial charge on any atom is 0.392 e. The molecule has 16 heavy (non-hydrogen) atoms. The van der Waals surface area contributed by atoms with E-state index in [9.17, 15) is 13.2 Å². The molecule has 5 heteroatoms. The Hall–Kier alpha value is -1.26. The Kier molecular flexibility index (Phi) is 2.78. The van der Waals surface area contributed by atoms with Crippen LogP contribution in [0.25, 0.3) is 0 Å². The zero-order valence-electron chi connectivity index (χ0n) is 8.84. The van der Waals surface area contributed by atoms with Crippen LogP contribution >= 0.6 is 0 Å². The van der Waals surface area contributed by atoms with Crippen LogP contribution in [0.15, 0.2) is 12.3 Å². The Labute approximate surface area is 91.4 Å². The Bertz CT molecular complexity index is 375. The summed E-state index contributed by atoms with van der Waals surface area (Å²) >= 11 is 0. The van der Waals surface area contributed by atoms with E-state index >= 15 is 0 Å². The summed E-state index contributed by atoms with van der Waals surface area (Å²) in [5.41, 5.74) is 1.35. The summed E-state index contributed by atoms with van der Waals surface area (Å²) in [5, 5.41) is 0. The van der Waals surface area contributed by atoms with E-state index in [-0.39, 0.29) is 12.8 Å². The summed E-state index contributed by atoms with van der Waals surface area (Å²) < 4.78 is 42.9. The summed E-state index contributed by atoms with van der Waals surface area (Å²) in [6.07, 6.45) is -2.08. The smallest absolute Gasteiger partial charge is 0.392 e. The van der Waals surface area contributed by atoms with Crippen LogP contribution in [0.2, 0.25) is 0 Å². The normalized spacial score (nSPS) is 20.4. The molecule has 0 aliphatic heterocycles. The fourth-order valence-corrected chi connectivity index (χ4v) is 2.08. The number of alkyl halides is 3. The fraction of sp³-hybridized carbons (Fsp3) is 0.545. The minimum Gasteiger partial charge on any atom is -0.496 e. The van der Waals surface area contributed by atoms with E-state index in [1.165, 1.54) is 7.11 Å². The lowest BCUT2D eigenvalue weighted by molar-refractivity contribution is -0.177. The number of pyridine rings is 1. The molecule has 0 radical (unpaired) electrons. The van der Waals surface area contributed by atoms with Crippen molar-refractivity contribution in [3.8, 4) is 5.75 Å². The molecule has 0 saturated heterocycles. The second-order valence-electron chi connectivity index (χ2n) is 3.92. The van der Waals surface area contributed by atoms with Crippen LogP contribution < -0.4 is 4.74 Å². The molecule has 0 spiro atoms. The van der Waals surface area contributed by atoms with E-state index in [2.05, 4.69) is 4.98 Å². The summed E-state index contributed by atoms with van der Waals surface area (Å²) in [6, 6.07) is 1.61. The maximum atomic E-state index is 12.6. The van der Waals surface area contributed by atoms with Crippen molar-refractivity contribution in [2.24, 2.45) is 5.92 Å². The number of rotatable bonds is 1. The Morgan fingerprint density at radius 3 is 2.81 bits per heavy atom. The number of aryl methyl sites for hydroxylation is 1. The Morgan fingerprint density at radius 2 is 2.19 bits per heavy atom. The number of nitrogens with zero attached hydrogens (tertiary/aromatic N) is 1. The molecule has 1 aliphatic carbocycles. The number of methoxy groups -OCH3 is 1. The van der Waals surface area contributed by atoms with Gasteiger partial charge < -0.3 is 4.74 Å². The molecule has 1 unspecified atom stereocenters. The van der Waals surface area contributed by atoms with Crippen LogP contribution in [0.4, 0.5) is 13.2 Å². The van der Waals surface area contributed by atoms with Crippen LogP contribution in [0.1, 0.15) is 17.7 Å². The number of halogens is 3. The van der Waals surface area contributed by atoms with Gasteiger partial charge in [0.25, 0.3) is 0 Å². The van der Waals surface area contributed by atoms with Gasteiger partial charge in [-0.2, -0.15) is 13.2 Å². The standard InChI is InChI=1S/C11H12F3NO/c1-16-10-4-5-15-9-3-2-7(6-8(9)10)11(12,13)14/h4-5,7H,2-3,6H2,1H3. The molecule has 1 atom stereocenters. The van der Waals surface area contributed by atoms with E-state index < -0.39 is 12.1 Å². The van der Waals surface area contributed by atoms with Crippen LogP contribution in [0.3, 0.4) is 0 Å². The first-order chi connectivity index (χ1) is 7.52. The summed E-state index contributed by atoms with van der Waals surface area (Å²) in [5.74, 6) is -0.753. The molecule has 1 aromatic rings. The van der Waals surface area contributed by atoms with Crippen molar-refractivity contribution in [3.63, 3.8) is 0 Å². The predicted octanol–water partition coefficient (Wildman–Crippen LogP) is 2.76. The molecule has 0 bridgehead atoms. The Morgan fingerprint density at radius 1 is 1.44 bits per heavy atom. The third kappa shape index (κ3) is 1.99. The van der Waals surface area contributed by atoms with E-state index in [1.807, 2.05) is 0 Å². The first kappa shape index (κ1) is 11.2. The first-order valence-corrected chi connectivity index (χ1v) is 5.10. The number of hydrogen-bond acceptors (Lipinski definition) is 2. The molecule has 2 rings (SSSR count). The van der Waals surface area contributed by atoms with Gasteiger partial charge in [-0.15, -0.1) is 0 Å². The summed E-state index contributed by atoms with van der Waals surface area (Å²) in [4.78, 5) is 4.10. The maximum absolute atomic E-state index is 12.6. The molecule has 0 amide bonds. The minimum atomic E-state index is -4.13. The van der Waals surface area contributed by atoms with E-state index in [1.54, 1.807) is 12.3 Å². The van der Waals surface area contributed by atoms with Gasteiger partial charge in [0.2, 0.25) is 0 Å². The number of hydrogen-bond donors (Lipinski definition) is 0. The van der Waals surface area contributed by atoms with Gasteiger partial charge >= 0.3 is 6.18 Å². The van der Waals surface area contributed by atoms with Crippen LogP contribution in [0.5, 0.6) is 5.75 Å². The third-order valence-electron chi connectivity index (χ3n) is 2.97. The van der Waals surface area contributed by atoms with Crippen molar-refractivity contribution in [1.82, 2.24) is 4.98 Å². The average molecular weight is 231 g/mol. The van der Waals surface area contributed by atoms with Gasteiger partial charge in [0.1, 0.15) is 5.75 Å². The first-order valence-electron chi connectivity index (χ1n) is 5.10. The molecule has 2 nitrogen and oxygen atoms in total. The second-order valence-corrected chi connectivity index (χ2v) is 3.92. The molecule has 1 heterocycles. The van der Waals surface area contributed by atoms with Gasteiger partial charge in [0, 0.05) is 17.5 Å². The van der Waals surface area contributed by atoms with Crippen molar-refractivity contribution >= 4 is 0 Å². The number of ether oxygens (including phenoxy) is 1. The quantitative estimate of drug-likeness (QED) is 0.741. The lowest BCUT2D eigenvalue weighted by Gasteiger charge is -2.26. The molecule has 0 aromatic carbocycles. The minimum absolute atomic E-state index is 0.0180. The van der Waals surface area contributed by atoms with Crippen molar-refractivity contribution in [2.45, 2.75) is 25.4 Å². The summed E-state index contributed by atoms with van der Waals surface area (Å²) in [7, 11) is 1.47. The summed E-state index contributed by atoms with van der Waals surface area (Å²) in [6.45, 7) is 0. The van der Waals surface area contributed by atoms with Gasteiger partial charge in [-0.1, -0.05) is 0 Å². The molecule has 0 N–H and O–H groups in total. The molecule has 1 aliphatic rings. The zero-order valence-corrected chi connectivity index (χ0v) is 8.84. The highest BCUT2D eigenvalue weighted by molar-refractivity contribution is 5.37. The van der Waals surface area contributed by atoms with Crippen molar-refractivity contribution in [1.29, 1.82) is 0 Å². The highest BCUT2D eigenvalue weighted by atomic mass is 19.4.